The second-order valence-electron chi connectivity index (χ2n) is 6.10. The van der Waals surface area contributed by atoms with Crippen LogP contribution in [-0.4, -0.2) is 32.4 Å². The van der Waals surface area contributed by atoms with E-state index in [0.717, 1.165) is 26.1 Å². The first kappa shape index (κ1) is 16.5. The third kappa shape index (κ3) is 4.06. The molecule has 1 aliphatic rings. The first-order valence-electron chi connectivity index (χ1n) is 8.15. The van der Waals surface area contributed by atoms with Gasteiger partial charge in [-0.05, 0) is 43.9 Å². The maximum atomic E-state index is 6.05. The highest BCUT2D eigenvalue weighted by Gasteiger charge is 2.29. The molecule has 3 unspecified atom stereocenters. The zero-order chi connectivity index (χ0) is 15.2. The highest BCUT2D eigenvalue weighted by atomic mass is 16.5. The normalized spacial score (nSPS) is 21.1. The van der Waals surface area contributed by atoms with Gasteiger partial charge in [0.1, 0.15) is 0 Å². The fourth-order valence-corrected chi connectivity index (χ4v) is 3.28. The first-order chi connectivity index (χ1) is 10.2. The molecule has 0 aromatic heterocycles. The van der Waals surface area contributed by atoms with Crippen molar-refractivity contribution in [2.75, 3.05) is 20.3 Å². The molecule has 0 bridgehead atoms. The van der Waals surface area contributed by atoms with Crippen molar-refractivity contribution in [2.45, 2.75) is 51.9 Å². The number of rotatable bonds is 7. The van der Waals surface area contributed by atoms with Crippen molar-refractivity contribution in [1.29, 1.82) is 0 Å². The van der Waals surface area contributed by atoms with E-state index >= 15 is 0 Å². The van der Waals surface area contributed by atoms with E-state index in [0.29, 0.717) is 12.0 Å². The van der Waals surface area contributed by atoms with Gasteiger partial charge in [0.15, 0.2) is 0 Å². The predicted octanol–water partition coefficient (Wildman–Crippen LogP) is 3.34. The quantitative estimate of drug-likeness (QED) is 0.836. The summed E-state index contributed by atoms with van der Waals surface area (Å²) in [7, 11) is 2.02. The van der Waals surface area contributed by atoms with Crippen LogP contribution in [0.4, 0.5) is 0 Å². The van der Waals surface area contributed by atoms with Crippen LogP contribution < -0.4 is 5.32 Å². The smallest absolute Gasteiger partial charge is 0.0843 e. The molecule has 3 atom stereocenters. The van der Waals surface area contributed by atoms with Gasteiger partial charge in [0.05, 0.1) is 18.8 Å². The van der Waals surface area contributed by atoms with Crippen LogP contribution in [0.5, 0.6) is 0 Å². The molecule has 1 aromatic rings. The number of hydrogen-bond acceptors (Lipinski definition) is 3. The molecule has 0 saturated heterocycles. The van der Waals surface area contributed by atoms with E-state index < -0.39 is 0 Å². The molecule has 1 heterocycles. The minimum absolute atomic E-state index is 0.175. The highest BCUT2D eigenvalue weighted by molar-refractivity contribution is 5.31. The summed E-state index contributed by atoms with van der Waals surface area (Å²) in [5.41, 5.74) is 2.78. The van der Waals surface area contributed by atoms with Gasteiger partial charge in [-0.25, -0.2) is 0 Å². The van der Waals surface area contributed by atoms with Gasteiger partial charge in [-0.3, -0.25) is 0 Å². The highest BCUT2D eigenvalue weighted by Crippen LogP contribution is 2.32. The molecule has 118 valence electrons. The monoisotopic (exact) mass is 291 g/mol. The lowest BCUT2D eigenvalue weighted by atomic mass is 9.89. The van der Waals surface area contributed by atoms with E-state index in [1.165, 1.54) is 11.1 Å². The molecule has 0 radical (unpaired) electrons. The van der Waals surface area contributed by atoms with Gasteiger partial charge in [0.25, 0.3) is 0 Å². The average Bonchev–Trinajstić information content (AvgIpc) is 2.50. The van der Waals surface area contributed by atoms with E-state index in [1.54, 1.807) is 0 Å². The van der Waals surface area contributed by atoms with Crippen LogP contribution in [0.25, 0.3) is 0 Å². The Labute approximate surface area is 129 Å². The summed E-state index contributed by atoms with van der Waals surface area (Å²) >= 11 is 0. The molecule has 3 nitrogen and oxygen atoms in total. The van der Waals surface area contributed by atoms with Crippen molar-refractivity contribution in [2.24, 2.45) is 5.92 Å². The Morgan fingerprint density at radius 3 is 2.76 bits per heavy atom. The van der Waals surface area contributed by atoms with Gasteiger partial charge in [0.2, 0.25) is 0 Å². The molecule has 1 aliphatic heterocycles. The van der Waals surface area contributed by atoms with Crippen LogP contribution in [0.2, 0.25) is 0 Å². The maximum absolute atomic E-state index is 6.05. The molecular weight excluding hydrogens is 262 g/mol. The van der Waals surface area contributed by atoms with Crippen molar-refractivity contribution in [1.82, 2.24) is 5.32 Å². The molecule has 0 saturated carbocycles. The maximum Gasteiger partial charge on any atom is 0.0843 e. The molecule has 1 N–H and O–H groups in total. The summed E-state index contributed by atoms with van der Waals surface area (Å²) in [5.74, 6) is 0.487. The predicted molar refractivity (Wildman–Crippen MR) is 86.6 cm³/mol. The number of ether oxygens (including phenoxy) is 2. The van der Waals surface area contributed by atoms with Crippen LogP contribution in [0.1, 0.15) is 44.4 Å². The van der Waals surface area contributed by atoms with Crippen LogP contribution in [0, 0.1) is 5.92 Å². The SMILES string of the molecule is CCOC(C(C)C)C(CC1OCCc2ccccc21)NC. The van der Waals surface area contributed by atoms with Crippen LogP contribution in [0.3, 0.4) is 0 Å². The molecule has 2 rings (SSSR count). The number of fused-ring (bicyclic) bond motifs is 1. The minimum atomic E-state index is 0.175. The summed E-state index contributed by atoms with van der Waals surface area (Å²) in [6.45, 7) is 8.08. The van der Waals surface area contributed by atoms with Crippen LogP contribution >= 0.6 is 0 Å². The number of hydrogen-bond donors (Lipinski definition) is 1. The van der Waals surface area contributed by atoms with Crippen molar-refractivity contribution in [3.63, 3.8) is 0 Å². The van der Waals surface area contributed by atoms with E-state index in [2.05, 4.69) is 50.4 Å². The first-order valence-corrected chi connectivity index (χ1v) is 8.15. The Kier molecular flexibility index (Phi) is 6.22. The molecule has 0 amide bonds. The minimum Gasteiger partial charge on any atom is -0.377 e. The van der Waals surface area contributed by atoms with Crippen molar-refractivity contribution in [3.05, 3.63) is 35.4 Å². The number of nitrogens with one attached hydrogen (secondary N) is 1. The summed E-state index contributed by atoms with van der Waals surface area (Å²) in [6, 6.07) is 8.96. The lowest BCUT2D eigenvalue weighted by molar-refractivity contribution is -0.0255. The zero-order valence-corrected chi connectivity index (χ0v) is 13.8. The molecule has 0 aliphatic carbocycles. The van der Waals surface area contributed by atoms with Gasteiger partial charge >= 0.3 is 0 Å². The van der Waals surface area contributed by atoms with Crippen LogP contribution in [-0.2, 0) is 15.9 Å². The Hall–Kier alpha value is -0.900. The number of likely N-dealkylation sites (N-methyl/N-ethyl adjacent to an activating group) is 1. The molecule has 0 spiro atoms. The summed E-state index contributed by atoms with van der Waals surface area (Å²) in [4.78, 5) is 0. The summed E-state index contributed by atoms with van der Waals surface area (Å²) in [6.07, 6.45) is 2.37. The van der Waals surface area contributed by atoms with E-state index in [1.807, 2.05) is 7.05 Å². The van der Waals surface area contributed by atoms with E-state index in [4.69, 9.17) is 9.47 Å². The van der Waals surface area contributed by atoms with Gasteiger partial charge in [-0.1, -0.05) is 38.1 Å². The Morgan fingerprint density at radius 1 is 1.33 bits per heavy atom. The summed E-state index contributed by atoms with van der Waals surface area (Å²) < 4.78 is 12.0. The van der Waals surface area contributed by atoms with Gasteiger partial charge in [0, 0.05) is 12.6 Å². The lowest BCUT2D eigenvalue weighted by Crippen LogP contribution is -2.44. The molecule has 3 heteroatoms. The fraction of sp³-hybridized carbons (Fsp3) is 0.667. The molecule has 1 aromatic carbocycles. The Balaban J connectivity index is 2.12. The third-order valence-corrected chi connectivity index (χ3v) is 4.34. The average molecular weight is 291 g/mol. The van der Waals surface area contributed by atoms with Crippen LogP contribution in [0.15, 0.2) is 24.3 Å². The Bertz CT molecular complexity index is 433. The molecule has 21 heavy (non-hydrogen) atoms. The number of benzene rings is 1. The molecular formula is C18H29NO2. The largest absolute Gasteiger partial charge is 0.377 e. The standard InChI is InChI=1S/C18H29NO2/c1-5-20-18(13(2)3)16(19-4)12-17-15-9-7-6-8-14(15)10-11-21-17/h6-9,13,16-19H,5,10-12H2,1-4H3. The van der Waals surface area contributed by atoms with Crippen molar-refractivity contribution >= 4 is 0 Å². The second-order valence-corrected chi connectivity index (χ2v) is 6.10. The second kappa shape index (κ2) is 7.92. The van der Waals surface area contributed by atoms with E-state index in [-0.39, 0.29) is 12.2 Å². The Morgan fingerprint density at radius 2 is 2.10 bits per heavy atom. The van der Waals surface area contributed by atoms with Crippen molar-refractivity contribution < 1.29 is 9.47 Å². The molecule has 0 fully saturated rings. The summed E-state index contributed by atoms with van der Waals surface area (Å²) in [5, 5.41) is 3.44. The van der Waals surface area contributed by atoms with Gasteiger partial charge in [-0.2, -0.15) is 0 Å². The van der Waals surface area contributed by atoms with Crippen molar-refractivity contribution in [3.8, 4) is 0 Å². The fourth-order valence-electron chi connectivity index (χ4n) is 3.28. The van der Waals surface area contributed by atoms with Gasteiger partial charge < -0.3 is 14.8 Å². The lowest BCUT2D eigenvalue weighted by Gasteiger charge is -2.34. The van der Waals surface area contributed by atoms with E-state index in [9.17, 15) is 0 Å². The third-order valence-electron chi connectivity index (χ3n) is 4.34. The topological polar surface area (TPSA) is 30.5 Å². The zero-order valence-electron chi connectivity index (χ0n) is 13.8. The van der Waals surface area contributed by atoms with Gasteiger partial charge in [-0.15, -0.1) is 0 Å².